The van der Waals surface area contributed by atoms with Gasteiger partial charge in [0.15, 0.2) is 0 Å². The molecule has 2 rings (SSSR count). The summed E-state index contributed by atoms with van der Waals surface area (Å²) in [7, 11) is 5.29. The molecule has 0 radical (unpaired) electrons. The van der Waals surface area contributed by atoms with Crippen molar-refractivity contribution in [2.45, 2.75) is 16.3 Å². The van der Waals surface area contributed by atoms with Crippen LogP contribution >= 0.6 is 11.8 Å². The monoisotopic (exact) mass is 316 g/mol. The van der Waals surface area contributed by atoms with Gasteiger partial charge in [-0.2, -0.15) is 0 Å². The number of nitrogens with zero attached hydrogens (tertiary/aromatic N) is 1. The third kappa shape index (κ3) is 3.61. The SMILES string of the molecule is COC(=O)c1ccc(Sc2ccccc2CN)c(N(C)C)c1. The van der Waals surface area contributed by atoms with Crippen LogP contribution in [-0.4, -0.2) is 27.2 Å². The minimum Gasteiger partial charge on any atom is -0.465 e. The Balaban J connectivity index is 2.40. The summed E-state index contributed by atoms with van der Waals surface area (Å²) in [5.74, 6) is -0.331. The molecular weight excluding hydrogens is 296 g/mol. The normalized spacial score (nSPS) is 10.4. The van der Waals surface area contributed by atoms with Gasteiger partial charge in [0, 0.05) is 30.4 Å². The van der Waals surface area contributed by atoms with Crippen molar-refractivity contribution in [3.63, 3.8) is 0 Å². The molecule has 5 heteroatoms. The minimum atomic E-state index is -0.331. The average molecular weight is 316 g/mol. The number of carbonyl (C=O) groups excluding carboxylic acids is 1. The van der Waals surface area contributed by atoms with Crippen molar-refractivity contribution < 1.29 is 9.53 Å². The topological polar surface area (TPSA) is 55.6 Å². The standard InChI is InChI=1S/C17H20N2O2S/c1-19(2)14-10-12(17(20)21-3)8-9-16(14)22-15-7-5-4-6-13(15)11-18/h4-10H,11,18H2,1-3H3. The molecule has 0 bridgehead atoms. The molecule has 116 valence electrons. The summed E-state index contributed by atoms with van der Waals surface area (Å²) in [6.07, 6.45) is 0. The second-order valence-corrected chi connectivity index (χ2v) is 6.07. The van der Waals surface area contributed by atoms with Gasteiger partial charge in [0.05, 0.1) is 18.4 Å². The van der Waals surface area contributed by atoms with Crippen LogP contribution in [0.3, 0.4) is 0 Å². The number of benzene rings is 2. The largest absolute Gasteiger partial charge is 0.465 e. The summed E-state index contributed by atoms with van der Waals surface area (Å²) < 4.78 is 4.78. The Kier molecular flexibility index (Phi) is 5.46. The van der Waals surface area contributed by atoms with E-state index in [1.807, 2.05) is 49.3 Å². The van der Waals surface area contributed by atoms with Crippen LogP contribution < -0.4 is 10.6 Å². The number of anilines is 1. The number of nitrogens with two attached hydrogens (primary N) is 1. The van der Waals surface area contributed by atoms with E-state index in [2.05, 4.69) is 6.07 Å². The second-order valence-electron chi connectivity index (χ2n) is 4.98. The molecule has 0 aliphatic carbocycles. The molecule has 0 aliphatic rings. The molecule has 0 fully saturated rings. The Morgan fingerprint density at radius 2 is 1.91 bits per heavy atom. The molecule has 0 aromatic heterocycles. The molecule has 0 saturated carbocycles. The van der Waals surface area contributed by atoms with E-state index in [0.717, 1.165) is 21.0 Å². The van der Waals surface area contributed by atoms with Gasteiger partial charge in [-0.1, -0.05) is 30.0 Å². The summed E-state index contributed by atoms with van der Waals surface area (Å²) >= 11 is 1.65. The van der Waals surface area contributed by atoms with Crippen LogP contribution in [0.1, 0.15) is 15.9 Å². The molecule has 22 heavy (non-hydrogen) atoms. The van der Waals surface area contributed by atoms with E-state index in [9.17, 15) is 4.79 Å². The summed E-state index contributed by atoms with van der Waals surface area (Å²) in [6, 6.07) is 13.6. The molecule has 0 unspecified atom stereocenters. The van der Waals surface area contributed by atoms with Crippen LogP contribution in [-0.2, 0) is 11.3 Å². The van der Waals surface area contributed by atoms with Gasteiger partial charge in [0.2, 0.25) is 0 Å². The van der Waals surface area contributed by atoms with Gasteiger partial charge in [-0.05, 0) is 29.8 Å². The van der Waals surface area contributed by atoms with E-state index in [4.69, 9.17) is 10.5 Å². The maximum atomic E-state index is 11.7. The van der Waals surface area contributed by atoms with Crippen LogP contribution in [0.5, 0.6) is 0 Å². The zero-order valence-electron chi connectivity index (χ0n) is 13.0. The first-order valence-corrected chi connectivity index (χ1v) is 7.74. The van der Waals surface area contributed by atoms with Gasteiger partial charge in [0.1, 0.15) is 0 Å². The molecule has 0 saturated heterocycles. The second kappa shape index (κ2) is 7.33. The van der Waals surface area contributed by atoms with Crippen LogP contribution in [0.2, 0.25) is 0 Å². The maximum absolute atomic E-state index is 11.7. The Morgan fingerprint density at radius 3 is 2.55 bits per heavy atom. The Morgan fingerprint density at radius 1 is 1.18 bits per heavy atom. The predicted molar refractivity (Wildman–Crippen MR) is 90.6 cm³/mol. The van der Waals surface area contributed by atoms with Crippen LogP contribution in [0, 0.1) is 0 Å². The molecular formula is C17H20N2O2S. The van der Waals surface area contributed by atoms with Gasteiger partial charge in [-0.25, -0.2) is 4.79 Å². The highest BCUT2D eigenvalue weighted by atomic mass is 32.2. The predicted octanol–water partition coefficient (Wildman–Crippen LogP) is 3.15. The average Bonchev–Trinajstić information content (AvgIpc) is 2.54. The van der Waals surface area contributed by atoms with E-state index >= 15 is 0 Å². The van der Waals surface area contributed by atoms with Crippen molar-refractivity contribution in [2.75, 3.05) is 26.1 Å². The molecule has 2 N–H and O–H groups in total. The van der Waals surface area contributed by atoms with Crippen molar-refractivity contribution in [1.29, 1.82) is 0 Å². The van der Waals surface area contributed by atoms with Gasteiger partial charge in [-0.3, -0.25) is 0 Å². The fourth-order valence-corrected chi connectivity index (χ4v) is 3.24. The fourth-order valence-electron chi connectivity index (χ4n) is 2.09. The van der Waals surface area contributed by atoms with E-state index in [1.165, 1.54) is 7.11 Å². The number of rotatable bonds is 5. The number of esters is 1. The highest BCUT2D eigenvalue weighted by Gasteiger charge is 2.13. The van der Waals surface area contributed by atoms with Gasteiger partial charge < -0.3 is 15.4 Å². The molecule has 0 spiro atoms. The van der Waals surface area contributed by atoms with Crippen LogP contribution in [0.4, 0.5) is 5.69 Å². The summed E-state index contributed by atoms with van der Waals surface area (Å²) in [6.45, 7) is 0.501. The van der Waals surface area contributed by atoms with Gasteiger partial charge >= 0.3 is 5.97 Å². The number of carbonyl (C=O) groups is 1. The van der Waals surface area contributed by atoms with Gasteiger partial charge in [-0.15, -0.1) is 0 Å². The number of methoxy groups -OCH3 is 1. The maximum Gasteiger partial charge on any atom is 0.337 e. The van der Waals surface area contributed by atoms with Crippen LogP contribution in [0.25, 0.3) is 0 Å². The fraction of sp³-hybridized carbons (Fsp3) is 0.235. The van der Waals surface area contributed by atoms with Crippen LogP contribution in [0.15, 0.2) is 52.3 Å². The summed E-state index contributed by atoms with van der Waals surface area (Å²) in [5.41, 5.74) is 8.42. The lowest BCUT2D eigenvalue weighted by molar-refractivity contribution is 0.0600. The lowest BCUT2D eigenvalue weighted by Gasteiger charge is -2.18. The zero-order chi connectivity index (χ0) is 16.1. The van der Waals surface area contributed by atoms with Crippen molar-refractivity contribution in [2.24, 2.45) is 5.73 Å². The Labute approximate surface area is 135 Å². The molecule has 0 heterocycles. The lowest BCUT2D eigenvalue weighted by atomic mass is 10.2. The van der Waals surface area contributed by atoms with Crippen molar-refractivity contribution >= 4 is 23.4 Å². The molecule has 4 nitrogen and oxygen atoms in total. The third-order valence-electron chi connectivity index (χ3n) is 3.27. The van der Waals surface area contributed by atoms with Gasteiger partial charge in [0.25, 0.3) is 0 Å². The Bertz CT molecular complexity index is 671. The molecule has 0 aliphatic heterocycles. The third-order valence-corrected chi connectivity index (χ3v) is 4.46. The van der Waals surface area contributed by atoms with E-state index in [1.54, 1.807) is 17.8 Å². The number of ether oxygens (including phenoxy) is 1. The Hall–Kier alpha value is -1.98. The molecule has 0 amide bonds. The molecule has 0 atom stereocenters. The molecule has 2 aromatic rings. The first-order chi connectivity index (χ1) is 10.6. The summed E-state index contributed by atoms with van der Waals surface area (Å²) in [5, 5.41) is 0. The highest BCUT2D eigenvalue weighted by Crippen LogP contribution is 2.37. The summed E-state index contributed by atoms with van der Waals surface area (Å²) in [4.78, 5) is 15.9. The first kappa shape index (κ1) is 16.4. The lowest BCUT2D eigenvalue weighted by Crippen LogP contribution is -2.11. The number of hydrogen-bond donors (Lipinski definition) is 1. The van der Waals surface area contributed by atoms with E-state index in [0.29, 0.717) is 12.1 Å². The van der Waals surface area contributed by atoms with Crippen molar-refractivity contribution in [1.82, 2.24) is 0 Å². The smallest absolute Gasteiger partial charge is 0.337 e. The molecule has 2 aromatic carbocycles. The minimum absolute atomic E-state index is 0.331. The van der Waals surface area contributed by atoms with E-state index < -0.39 is 0 Å². The quantitative estimate of drug-likeness (QED) is 0.859. The first-order valence-electron chi connectivity index (χ1n) is 6.92. The zero-order valence-corrected chi connectivity index (χ0v) is 13.8. The highest BCUT2D eigenvalue weighted by molar-refractivity contribution is 7.99. The van der Waals surface area contributed by atoms with Crippen molar-refractivity contribution in [3.8, 4) is 0 Å². The van der Waals surface area contributed by atoms with E-state index in [-0.39, 0.29) is 5.97 Å². The van der Waals surface area contributed by atoms with Crippen molar-refractivity contribution in [3.05, 3.63) is 53.6 Å². The number of hydrogen-bond acceptors (Lipinski definition) is 5.